The first kappa shape index (κ1) is 25.8. The van der Waals surface area contributed by atoms with Crippen LogP contribution in [0.25, 0.3) is 0 Å². The summed E-state index contributed by atoms with van der Waals surface area (Å²) in [6.07, 6.45) is 0.696. The van der Waals surface area contributed by atoms with Crippen molar-refractivity contribution in [3.8, 4) is 17.2 Å². The number of likely N-dealkylation sites (tertiary alicyclic amines) is 1. The lowest BCUT2D eigenvalue weighted by Gasteiger charge is -2.29. The van der Waals surface area contributed by atoms with E-state index in [2.05, 4.69) is 10.6 Å². The van der Waals surface area contributed by atoms with E-state index in [0.717, 1.165) is 11.1 Å². The van der Waals surface area contributed by atoms with Crippen molar-refractivity contribution in [1.82, 2.24) is 10.2 Å². The number of rotatable bonds is 7. The topological polar surface area (TPSA) is 117 Å². The molecule has 6 rings (SSSR count). The van der Waals surface area contributed by atoms with Crippen LogP contribution in [-0.2, 0) is 32.8 Å². The lowest BCUT2D eigenvalue weighted by molar-refractivity contribution is -0.142. The molecule has 0 aliphatic carbocycles. The quantitative estimate of drug-likeness (QED) is 0.391. The van der Waals surface area contributed by atoms with Crippen molar-refractivity contribution in [3.05, 3.63) is 83.2 Å². The van der Waals surface area contributed by atoms with E-state index < -0.39 is 41.0 Å². The number of phenolic OH excluding ortho intramolecular Hbond substituents is 1. The molecule has 2 saturated heterocycles. The van der Waals surface area contributed by atoms with Crippen LogP contribution < -0.4 is 20.1 Å². The molecule has 0 unspecified atom stereocenters. The Kier molecular flexibility index (Phi) is 6.22. The van der Waals surface area contributed by atoms with E-state index >= 15 is 0 Å². The van der Waals surface area contributed by atoms with E-state index in [-0.39, 0.29) is 18.2 Å². The maximum Gasteiger partial charge on any atom is 0.250 e. The van der Waals surface area contributed by atoms with Crippen molar-refractivity contribution in [2.75, 3.05) is 26.1 Å². The molecule has 4 atom stereocenters. The van der Waals surface area contributed by atoms with Crippen LogP contribution in [0.3, 0.4) is 0 Å². The lowest BCUT2D eigenvalue weighted by Crippen LogP contribution is -2.53. The second kappa shape index (κ2) is 9.63. The summed E-state index contributed by atoms with van der Waals surface area (Å²) in [5.41, 5.74) is 0.799. The van der Waals surface area contributed by atoms with Gasteiger partial charge in [0.1, 0.15) is 17.1 Å². The van der Waals surface area contributed by atoms with Crippen LogP contribution >= 0.6 is 0 Å². The molecule has 2 fully saturated rings. The van der Waals surface area contributed by atoms with Gasteiger partial charge in [-0.25, -0.2) is 4.39 Å². The van der Waals surface area contributed by atoms with Crippen LogP contribution in [0.2, 0.25) is 0 Å². The third kappa shape index (κ3) is 3.90. The van der Waals surface area contributed by atoms with E-state index in [1.54, 1.807) is 43.5 Å². The van der Waals surface area contributed by atoms with E-state index in [9.17, 15) is 23.9 Å². The Morgan fingerprint density at radius 3 is 2.38 bits per heavy atom. The highest BCUT2D eigenvalue weighted by atomic mass is 19.1. The number of hydrogen-bond acceptors (Lipinski definition) is 7. The molecule has 206 valence electrons. The minimum atomic E-state index is -1.59. The van der Waals surface area contributed by atoms with E-state index in [1.807, 2.05) is 6.07 Å². The van der Waals surface area contributed by atoms with Gasteiger partial charge in [-0.1, -0.05) is 18.2 Å². The van der Waals surface area contributed by atoms with Gasteiger partial charge in [0.05, 0.1) is 26.1 Å². The first-order chi connectivity index (χ1) is 19.3. The highest BCUT2D eigenvalue weighted by molar-refractivity contribution is 6.15. The zero-order valence-electron chi connectivity index (χ0n) is 21.9. The van der Waals surface area contributed by atoms with Gasteiger partial charge < -0.3 is 19.9 Å². The molecule has 3 aliphatic heterocycles. The summed E-state index contributed by atoms with van der Waals surface area (Å²) in [6, 6.07) is 15.3. The summed E-state index contributed by atoms with van der Waals surface area (Å²) in [4.78, 5) is 42.7. The predicted octanol–water partition coefficient (Wildman–Crippen LogP) is 2.75. The van der Waals surface area contributed by atoms with Crippen molar-refractivity contribution < 1.29 is 33.4 Å². The lowest BCUT2D eigenvalue weighted by atomic mass is 9.76. The molecule has 3 N–H and O–H groups in total. The molecule has 40 heavy (non-hydrogen) atoms. The largest absolute Gasteiger partial charge is 0.508 e. The second-order valence-corrected chi connectivity index (χ2v) is 10.3. The molecular formula is C30H28FN3O6. The number of imide groups is 1. The summed E-state index contributed by atoms with van der Waals surface area (Å²) in [5.74, 6) is -2.56. The smallest absolute Gasteiger partial charge is 0.250 e. The average Bonchev–Trinajstić information content (AvgIpc) is 3.52. The number of nitrogens with one attached hydrogen (secondary N) is 2. The molecule has 3 aromatic rings. The minimum Gasteiger partial charge on any atom is -0.508 e. The fourth-order valence-electron chi connectivity index (χ4n) is 6.39. The third-order valence-electron chi connectivity index (χ3n) is 8.23. The normalized spacial score (nSPS) is 24.8. The molecule has 3 amide bonds. The van der Waals surface area contributed by atoms with Gasteiger partial charge in [0.2, 0.25) is 17.7 Å². The second-order valence-electron chi connectivity index (χ2n) is 10.3. The number of halogens is 1. The number of aromatic hydroxyl groups is 1. The number of amides is 3. The average molecular weight is 546 g/mol. The van der Waals surface area contributed by atoms with Crippen LogP contribution in [0, 0.1) is 17.7 Å². The number of anilines is 1. The molecule has 0 saturated carbocycles. The SMILES string of the molecule is COc1ccc(CCN2C(=O)[C@@H]3[C@@H](C2=O)[C@]2(N[C@@H]3Cc3ccc(O)cc3)C(=O)Nc3ccc(F)cc32)cc1OC. The maximum atomic E-state index is 14.5. The van der Waals surface area contributed by atoms with Gasteiger partial charge in [0.25, 0.3) is 0 Å². The van der Waals surface area contributed by atoms with Gasteiger partial charge in [-0.3, -0.25) is 24.6 Å². The number of methoxy groups -OCH3 is 2. The zero-order valence-corrected chi connectivity index (χ0v) is 21.9. The Morgan fingerprint density at radius 1 is 0.925 bits per heavy atom. The van der Waals surface area contributed by atoms with Gasteiger partial charge in [-0.2, -0.15) is 0 Å². The van der Waals surface area contributed by atoms with Crippen LogP contribution in [0.1, 0.15) is 16.7 Å². The minimum absolute atomic E-state index is 0.102. The number of hydrogen-bond donors (Lipinski definition) is 3. The molecule has 10 heteroatoms. The van der Waals surface area contributed by atoms with Crippen molar-refractivity contribution >= 4 is 23.4 Å². The summed E-state index contributed by atoms with van der Waals surface area (Å²) in [7, 11) is 3.07. The molecule has 3 aliphatic rings. The summed E-state index contributed by atoms with van der Waals surface area (Å²) < 4.78 is 25.1. The molecule has 9 nitrogen and oxygen atoms in total. The standard InChI is InChI=1S/C30H28FN3O6/c1-39-23-10-5-17(14-24(23)40-2)11-12-34-27(36)25-22(13-16-3-7-19(35)8-4-16)33-30(26(25)28(34)37)20-15-18(31)6-9-21(20)32-29(30)38/h3-10,14-15,22,25-26,33,35H,11-13H2,1-2H3,(H,32,38)/t22-,25+,26+,30+/m1/s1. The van der Waals surface area contributed by atoms with Crippen LogP contribution in [-0.4, -0.2) is 54.5 Å². The number of ether oxygens (including phenoxy) is 2. The van der Waals surface area contributed by atoms with Crippen LogP contribution in [0.15, 0.2) is 60.7 Å². The number of benzene rings is 3. The Bertz CT molecular complexity index is 1530. The van der Waals surface area contributed by atoms with Gasteiger partial charge >= 0.3 is 0 Å². The molecule has 0 bridgehead atoms. The fourth-order valence-corrected chi connectivity index (χ4v) is 6.39. The number of carbonyl (C=O) groups is 3. The number of phenols is 1. The Hall–Kier alpha value is -4.44. The van der Waals surface area contributed by atoms with Crippen LogP contribution in [0.5, 0.6) is 17.2 Å². The molecule has 3 heterocycles. The fraction of sp³-hybridized carbons (Fsp3) is 0.300. The first-order valence-corrected chi connectivity index (χ1v) is 13.0. The number of fused-ring (bicyclic) bond motifs is 4. The number of nitrogens with zero attached hydrogens (tertiary/aromatic N) is 1. The maximum absolute atomic E-state index is 14.5. The Morgan fingerprint density at radius 2 is 1.65 bits per heavy atom. The van der Waals surface area contributed by atoms with Gasteiger partial charge in [0.15, 0.2) is 11.5 Å². The monoisotopic (exact) mass is 545 g/mol. The molecule has 0 radical (unpaired) electrons. The van der Waals surface area contributed by atoms with Crippen LogP contribution in [0.4, 0.5) is 10.1 Å². The van der Waals surface area contributed by atoms with Gasteiger partial charge in [-0.15, -0.1) is 0 Å². The highest BCUT2D eigenvalue weighted by Crippen LogP contribution is 2.53. The number of carbonyl (C=O) groups excluding carboxylic acids is 3. The molecular weight excluding hydrogens is 517 g/mol. The van der Waals surface area contributed by atoms with E-state index in [1.165, 1.54) is 30.2 Å². The van der Waals surface area contributed by atoms with Crippen molar-refractivity contribution in [3.63, 3.8) is 0 Å². The molecule has 3 aromatic carbocycles. The predicted molar refractivity (Wildman–Crippen MR) is 142 cm³/mol. The molecule has 1 spiro atoms. The van der Waals surface area contributed by atoms with E-state index in [4.69, 9.17) is 9.47 Å². The summed E-state index contributed by atoms with van der Waals surface area (Å²) in [5, 5.41) is 15.8. The Labute approximate surface area is 229 Å². The van der Waals surface area contributed by atoms with E-state index in [0.29, 0.717) is 35.6 Å². The first-order valence-electron chi connectivity index (χ1n) is 13.0. The van der Waals surface area contributed by atoms with Gasteiger partial charge in [-0.05, 0) is 66.4 Å². The summed E-state index contributed by atoms with van der Waals surface area (Å²) in [6.45, 7) is 0.111. The van der Waals surface area contributed by atoms with Crippen molar-refractivity contribution in [1.29, 1.82) is 0 Å². The molecule has 0 aromatic heterocycles. The van der Waals surface area contributed by atoms with Gasteiger partial charge in [0, 0.05) is 23.8 Å². The van der Waals surface area contributed by atoms with Crippen molar-refractivity contribution in [2.24, 2.45) is 11.8 Å². The summed E-state index contributed by atoms with van der Waals surface area (Å²) >= 11 is 0. The van der Waals surface area contributed by atoms with Crippen molar-refractivity contribution in [2.45, 2.75) is 24.4 Å². The highest BCUT2D eigenvalue weighted by Gasteiger charge is 2.70. The third-order valence-corrected chi connectivity index (χ3v) is 8.23. The Balaban J connectivity index is 1.36. The zero-order chi connectivity index (χ0) is 28.2.